The van der Waals surface area contributed by atoms with E-state index in [4.69, 9.17) is 0 Å². The lowest BCUT2D eigenvalue weighted by Crippen LogP contribution is -2.19. The summed E-state index contributed by atoms with van der Waals surface area (Å²) >= 11 is 0. The smallest absolute Gasteiger partial charge is 0.262 e. The normalized spacial score (nSPS) is 12.2. The van der Waals surface area contributed by atoms with Gasteiger partial charge in [-0.1, -0.05) is 45.0 Å². The van der Waals surface area contributed by atoms with E-state index in [2.05, 4.69) is 4.72 Å². The molecule has 0 amide bonds. The second-order valence-electron chi connectivity index (χ2n) is 5.86. The molecule has 2 aromatic carbocycles. The van der Waals surface area contributed by atoms with Crippen LogP contribution in [-0.2, 0) is 15.4 Å². The van der Waals surface area contributed by atoms with Crippen molar-refractivity contribution in [1.82, 2.24) is 0 Å². The molecule has 0 saturated carbocycles. The quantitative estimate of drug-likeness (QED) is 0.934. The van der Waals surface area contributed by atoms with Gasteiger partial charge in [0.25, 0.3) is 10.0 Å². The van der Waals surface area contributed by atoms with Gasteiger partial charge in [0.2, 0.25) is 0 Å². The van der Waals surface area contributed by atoms with Gasteiger partial charge in [0.05, 0.1) is 10.6 Å². The van der Waals surface area contributed by atoms with Gasteiger partial charge in [0.1, 0.15) is 5.82 Å². The first-order valence-electron chi connectivity index (χ1n) is 6.58. The van der Waals surface area contributed by atoms with Crippen LogP contribution in [0.1, 0.15) is 26.3 Å². The summed E-state index contributed by atoms with van der Waals surface area (Å²) in [7, 11) is -3.81. The monoisotopic (exact) mass is 307 g/mol. The highest BCUT2D eigenvalue weighted by Gasteiger charge is 2.21. The molecule has 0 unspecified atom stereocenters. The van der Waals surface area contributed by atoms with Gasteiger partial charge in [-0.3, -0.25) is 4.72 Å². The van der Waals surface area contributed by atoms with Crippen LogP contribution in [0.5, 0.6) is 0 Å². The molecule has 21 heavy (non-hydrogen) atoms. The van der Waals surface area contributed by atoms with Crippen molar-refractivity contribution in [2.75, 3.05) is 4.72 Å². The number of hydrogen-bond donors (Lipinski definition) is 1. The minimum atomic E-state index is -3.81. The van der Waals surface area contributed by atoms with Crippen molar-refractivity contribution in [3.63, 3.8) is 0 Å². The summed E-state index contributed by atoms with van der Waals surface area (Å²) < 4.78 is 40.5. The molecule has 0 fully saturated rings. The Kier molecular flexibility index (Phi) is 4.05. The fourth-order valence-electron chi connectivity index (χ4n) is 2.06. The number of rotatable bonds is 3. The number of benzene rings is 2. The number of para-hydroxylation sites is 1. The lowest BCUT2D eigenvalue weighted by Gasteiger charge is -2.23. The van der Waals surface area contributed by atoms with Crippen LogP contribution in [0.2, 0.25) is 0 Å². The average Bonchev–Trinajstić information content (AvgIpc) is 2.37. The van der Waals surface area contributed by atoms with Gasteiger partial charge in [-0.15, -0.1) is 0 Å². The molecule has 0 heterocycles. The number of halogens is 1. The summed E-state index contributed by atoms with van der Waals surface area (Å²) in [5.41, 5.74) is 1.18. The first kappa shape index (κ1) is 15.5. The fraction of sp³-hybridized carbons (Fsp3) is 0.250. The Bertz CT molecular complexity index is 749. The third-order valence-corrected chi connectivity index (χ3v) is 4.45. The van der Waals surface area contributed by atoms with E-state index >= 15 is 0 Å². The third-order valence-electron chi connectivity index (χ3n) is 3.09. The highest BCUT2D eigenvalue weighted by atomic mass is 32.2. The second kappa shape index (κ2) is 5.48. The van der Waals surface area contributed by atoms with Gasteiger partial charge in [-0.05, 0) is 35.2 Å². The van der Waals surface area contributed by atoms with Crippen LogP contribution in [0.3, 0.4) is 0 Å². The van der Waals surface area contributed by atoms with Crippen LogP contribution in [0.25, 0.3) is 0 Å². The summed E-state index contributed by atoms with van der Waals surface area (Å²) in [6.45, 7) is 6.01. The van der Waals surface area contributed by atoms with Gasteiger partial charge in [-0.2, -0.15) is 0 Å². The molecule has 2 aromatic rings. The predicted molar refractivity (Wildman–Crippen MR) is 82.4 cm³/mol. The van der Waals surface area contributed by atoms with E-state index in [1.807, 2.05) is 32.9 Å². The SMILES string of the molecule is CC(C)(C)c1ccccc1NS(=O)(=O)c1cccc(F)c1. The van der Waals surface area contributed by atoms with Gasteiger partial charge >= 0.3 is 0 Å². The number of hydrogen-bond acceptors (Lipinski definition) is 2. The maximum absolute atomic E-state index is 13.2. The van der Waals surface area contributed by atoms with Crippen LogP contribution in [0.15, 0.2) is 53.4 Å². The highest BCUT2D eigenvalue weighted by Crippen LogP contribution is 2.30. The number of nitrogens with one attached hydrogen (secondary N) is 1. The Morgan fingerprint density at radius 3 is 2.29 bits per heavy atom. The zero-order valence-corrected chi connectivity index (χ0v) is 13.0. The summed E-state index contributed by atoms with van der Waals surface area (Å²) in [6.07, 6.45) is 0. The van der Waals surface area contributed by atoms with Crippen LogP contribution >= 0.6 is 0 Å². The lowest BCUT2D eigenvalue weighted by molar-refractivity contribution is 0.588. The van der Waals surface area contributed by atoms with E-state index in [9.17, 15) is 12.8 Å². The van der Waals surface area contributed by atoms with Crippen molar-refractivity contribution in [2.45, 2.75) is 31.1 Å². The molecule has 0 aliphatic heterocycles. The Labute approximate surface area is 124 Å². The minimum Gasteiger partial charge on any atom is -0.279 e. The molecule has 0 radical (unpaired) electrons. The van der Waals surface area contributed by atoms with E-state index in [1.54, 1.807) is 12.1 Å². The first-order chi connectivity index (χ1) is 9.70. The van der Waals surface area contributed by atoms with E-state index in [-0.39, 0.29) is 10.3 Å². The Balaban J connectivity index is 2.43. The molecule has 0 atom stereocenters. The average molecular weight is 307 g/mol. The van der Waals surface area contributed by atoms with E-state index in [0.717, 1.165) is 11.6 Å². The van der Waals surface area contributed by atoms with E-state index < -0.39 is 15.8 Å². The maximum atomic E-state index is 13.2. The summed E-state index contributed by atoms with van der Waals surface area (Å²) in [4.78, 5) is -0.0915. The molecule has 0 spiro atoms. The lowest BCUT2D eigenvalue weighted by atomic mass is 9.86. The molecular formula is C16H18FNO2S. The molecule has 3 nitrogen and oxygen atoms in total. The maximum Gasteiger partial charge on any atom is 0.262 e. The molecule has 0 aliphatic carbocycles. The van der Waals surface area contributed by atoms with Crippen molar-refractivity contribution in [3.8, 4) is 0 Å². The third kappa shape index (κ3) is 3.61. The van der Waals surface area contributed by atoms with Crippen molar-refractivity contribution in [1.29, 1.82) is 0 Å². The largest absolute Gasteiger partial charge is 0.279 e. The topological polar surface area (TPSA) is 46.2 Å². The molecule has 2 rings (SSSR count). The van der Waals surface area contributed by atoms with Gasteiger partial charge in [0.15, 0.2) is 0 Å². The van der Waals surface area contributed by atoms with Crippen molar-refractivity contribution >= 4 is 15.7 Å². The van der Waals surface area contributed by atoms with Gasteiger partial charge in [-0.25, -0.2) is 12.8 Å². The fourth-order valence-corrected chi connectivity index (χ4v) is 3.17. The molecule has 0 aromatic heterocycles. The first-order valence-corrected chi connectivity index (χ1v) is 8.06. The molecular weight excluding hydrogens is 289 g/mol. The number of anilines is 1. The van der Waals surface area contributed by atoms with Crippen molar-refractivity contribution in [3.05, 3.63) is 59.9 Å². The second-order valence-corrected chi connectivity index (χ2v) is 7.54. The molecule has 0 aliphatic rings. The highest BCUT2D eigenvalue weighted by molar-refractivity contribution is 7.92. The summed E-state index contributed by atoms with van der Waals surface area (Å²) in [5.74, 6) is -0.581. The molecule has 1 N–H and O–H groups in total. The predicted octanol–water partition coefficient (Wildman–Crippen LogP) is 3.92. The molecule has 112 valence electrons. The zero-order chi connectivity index (χ0) is 15.7. The van der Waals surface area contributed by atoms with Gasteiger partial charge < -0.3 is 0 Å². The van der Waals surface area contributed by atoms with E-state index in [0.29, 0.717) is 5.69 Å². The molecule has 5 heteroatoms. The Morgan fingerprint density at radius 2 is 1.67 bits per heavy atom. The molecule has 0 saturated heterocycles. The van der Waals surface area contributed by atoms with Crippen molar-refractivity contribution in [2.24, 2.45) is 0 Å². The van der Waals surface area contributed by atoms with E-state index in [1.165, 1.54) is 18.2 Å². The Hall–Kier alpha value is -1.88. The van der Waals surface area contributed by atoms with Crippen LogP contribution in [0, 0.1) is 5.82 Å². The van der Waals surface area contributed by atoms with Crippen LogP contribution in [0.4, 0.5) is 10.1 Å². The van der Waals surface area contributed by atoms with Crippen LogP contribution in [-0.4, -0.2) is 8.42 Å². The summed E-state index contributed by atoms with van der Waals surface area (Å²) in [5, 5.41) is 0. The number of sulfonamides is 1. The van der Waals surface area contributed by atoms with Gasteiger partial charge in [0, 0.05) is 0 Å². The van der Waals surface area contributed by atoms with Crippen molar-refractivity contribution < 1.29 is 12.8 Å². The summed E-state index contributed by atoms with van der Waals surface area (Å²) in [6, 6.07) is 12.2. The zero-order valence-electron chi connectivity index (χ0n) is 12.2. The molecule has 0 bridgehead atoms. The van der Waals surface area contributed by atoms with Crippen LogP contribution < -0.4 is 4.72 Å². The minimum absolute atomic E-state index is 0.0915. The Morgan fingerprint density at radius 1 is 1.00 bits per heavy atom. The standard InChI is InChI=1S/C16H18FNO2S/c1-16(2,3)14-9-4-5-10-15(14)18-21(19,20)13-8-6-7-12(17)11-13/h4-11,18H,1-3H3.